The van der Waals surface area contributed by atoms with Crippen LogP contribution in [0.3, 0.4) is 0 Å². The Morgan fingerprint density at radius 1 is 0.467 bits per heavy atom. The monoisotopic (exact) mass is 274 g/mol. The first-order valence-electron chi connectivity index (χ1n) is 4.48. The van der Waals surface area contributed by atoms with Crippen molar-refractivity contribution in [3.05, 3.63) is 89.5 Å². The molecule has 2 aliphatic carbocycles. The fourth-order valence-electron chi connectivity index (χ4n) is 0.642. The summed E-state index contributed by atoms with van der Waals surface area (Å²) in [5, 5.41) is 0. The van der Waals surface area contributed by atoms with Crippen LogP contribution in [0.4, 0.5) is 0 Å². The maximum atomic E-state index is 3.36. The van der Waals surface area contributed by atoms with Gasteiger partial charge in [0.15, 0.2) is 0 Å². The van der Waals surface area contributed by atoms with E-state index in [-0.39, 0.29) is 26.2 Å². The van der Waals surface area contributed by atoms with E-state index in [0.717, 1.165) is 0 Å². The fourth-order valence-corrected chi connectivity index (χ4v) is 0.642. The van der Waals surface area contributed by atoms with Crippen LogP contribution in [0.25, 0.3) is 0 Å². The molecule has 2 aliphatic rings. The van der Waals surface area contributed by atoms with Gasteiger partial charge in [-0.25, -0.2) is 0 Å². The van der Waals surface area contributed by atoms with E-state index in [1.54, 1.807) is 12.2 Å². The van der Waals surface area contributed by atoms with Crippen molar-refractivity contribution in [2.24, 2.45) is 0 Å². The standard InChI is InChI=1S/2C5H5.C4H6.Zr/c2*1-2-4-5-3-1;1-3-4-2;/h2*1-5H;3-4H,1-2H2;/q;;;+2. The molecule has 15 heavy (non-hydrogen) atoms. The number of hydrogen-bond donors (Lipinski definition) is 0. The zero-order valence-electron chi connectivity index (χ0n) is 8.84. The van der Waals surface area contributed by atoms with Crippen molar-refractivity contribution in [2.75, 3.05) is 0 Å². The molecule has 2 fully saturated rings. The molecule has 1 heteroatoms. The molecular formula is C14H16Zr+2. The molecule has 0 saturated heterocycles. The molecule has 0 nitrogen and oxygen atoms in total. The second kappa shape index (κ2) is 16.8. The molecule has 0 spiro atoms. The Morgan fingerprint density at radius 3 is 0.667 bits per heavy atom. The van der Waals surface area contributed by atoms with E-state index in [9.17, 15) is 0 Å². The van der Waals surface area contributed by atoms with E-state index in [1.807, 2.05) is 64.2 Å². The summed E-state index contributed by atoms with van der Waals surface area (Å²) in [5.41, 5.74) is 0. The summed E-state index contributed by atoms with van der Waals surface area (Å²) in [4.78, 5) is 0. The Bertz CT molecular complexity index is 90.1. The van der Waals surface area contributed by atoms with Crippen LogP contribution >= 0.6 is 0 Å². The smallest absolute Gasteiger partial charge is 0.0991 e. The molecular weight excluding hydrogens is 259 g/mol. The SMILES string of the molecule is C=CC=C.[CH]1[CH][CH][CH][CH]1.[CH]1[CH][CH][CH][CH]1.[Zr+2]. The van der Waals surface area contributed by atoms with Gasteiger partial charge in [0.25, 0.3) is 0 Å². The van der Waals surface area contributed by atoms with Gasteiger partial charge in [0.1, 0.15) is 0 Å². The van der Waals surface area contributed by atoms with Gasteiger partial charge >= 0.3 is 26.2 Å². The molecule has 74 valence electrons. The first-order valence-corrected chi connectivity index (χ1v) is 4.48. The number of rotatable bonds is 1. The van der Waals surface area contributed by atoms with Gasteiger partial charge in [0, 0.05) is 0 Å². The summed E-state index contributed by atoms with van der Waals surface area (Å²) in [5.74, 6) is 0. The summed E-state index contributed by atoms with van der Waals surface area (Å²) in [6, 6.07) is 0. The predicted octanol–water partition coefficient (Wildman–Crippen LogP) is 3.40. The first-order chi connectivity index (χ1) is 6.91. The summed E-state index contributed by atoms with van der Waals surface area (Å²) in [6.45, 7) is 6.72. The first kappa shape index (κ1) is 17.7. The molecule has 0 aromatic carbocycles. The molecule has 0 aromatic rings. The second-order valence-corrected chi connectivity index (χ2v) is 2.40. The van der Waals surface area contributed by atoms with Gasteiger partial charge < -0.3 is 0 Å². The average molecular weight is 276 g/mol. The van der Waals surface area contributed by atoms with Crippen LogP contribution in [0.15, 0.2) is 25.3 Å². The van der Waals surface area contributed by atoms with Gasteiger partial charge in [0.05, 0.1) is 0 Å². The molecule has 0 unspecified atom stereocenters. The number of hydrogen-bond acceptors (Lipinski definition) is 0. The average Bonchev–Trinajstić information content (AvgIpc) is 2.94. The third-order valence-corrected chi connectivity index (χ3v) is 1.28. The van der Waals surface area contributed by atoms with Crippen LogP contribution in [-0.2, 0) is 26.2 Å². The van der Waals surface area contributed by atoms with Crippen LogP contribution in [0.1, 0.15) is 0 Å². The Labute approximate surface area is 115 Å². The summed E-state index contributed by atoms with van der Waals surface area (Å²) >= 11 is 0. The van der Waals surface area contributed by atoms with Gasteiger partial charge in [-0.3, -0.25) is 0 Å². The van der Waals surface area contributed by atoms with E-state index in [4.69, 9.17) is 0 Å². The largest absolute Gasteiger partial charge is 2.00 e. The normalized spacial score (nSPS) is 17.3. The summed E-state index contributed by atoms with van der Waals surface area (Å²) < 4.78 is 0. The summed E-state index contributed by atoms with van der Waals surface area (Å²) in [7, 11) is 0. The molecule has 2 rings (SSSR count). The summed E-state index contributed by atoms with van der Waals surface area (Å²) in [6.07, 6.45) is 23.3. The quantitative estimate of drug-likeness (QED) is 0.644. The maximum absolute atomic E-state index is 3.36. The van der Waals surface area contributed by atoms with Crippen molar-refractivity contribution in [2.45, 2.75) is 0 Å². The van der Waals surface area contributed by atoms with Crippen molar-refractivity contribution in [3.63, 3.8) is 0 Å². The van der Waals surface area contributed by atoms with Crippen molar-refractivity contribution in [1.29, 1.82) is 0 Å². The molecule has 0 aliphatic heterocycles. The van der Waals surface area contributed by atoms with E-state index in [0.29, 0.717) is 0 Å². The minimum Gasteiger partial charge on any atom is -0.0991 e. The Hall–Kier alpha value is 0.363. The van der Waals surface area contributed by atoms with Gasteiger partial charge in [-0.1, -0.05) is 25.3 Å². The molecule has 0 N–H and O–H groups in total. The van der Waals surface area contributed by atoms with E-state index < -0.39 is 0 Å². The van der Waals surface area contributed by atoms with Crippen molar-refractivity contribution < 1.29 is 26.2 Å². The Kier molecular flexibility index (Phi) is 19.9. The minimum atomic E-state index is 0. The Balaban J connectivity index is 0. The van der Waals surface area contributed by atoms with E-state index >= 15 is 0 Å². The van der Waals surface area contributed by atoms with E-state index in [2.05, 4.69) is 13.2 Å². The molecule has 10 radical (unpaired) electrons. The zero-order chi connectivity index (χ0) is 10.5. The van der Waals surface area contributed by atoms with Gasteiger partial charge in [-0.2, -0.15) is 0 Å². The Morgan fingerprint density at radius 2 is 0.600 bits per heavy atom. The van der Waals surface area contributed by atoms with Crippen molar-refractivity contribution in [3.8, 4) is 0 Å². The predicted molar refractivity (Wildman–Crippen MR) is 63.4 cm³/mol. The molecule has 2 saturated carbocycles. The van der Waals surface area contributed by atoms with Crippen LogP contribution in [0.5, 0.6) is 0 Å². The van der Waals surface area contributed by atoms with Crippen LogP contribution < -0.4 is 0 Å². The molecule has 0 aromatic heterocycles. The van der Waals surface area contributed by atoms with Crippen molar-refractivity contribution >= 4 is 0 Å². The fraction of sp³-hybridized carbons (Fsp3) is 0. The van der Waals surface area contributed by atoms with Gasteiger partial charge in [0.2, 0.25) is 0 Å². The number of allylic oxidation sites excluding steroid dienone is 2. The molecule has 0 bridgehead atoms. The van der Waals surface area contributed by atoms with Crippen molar-refractivity contribution in [1.82, 2.24) is 0 Å². The topological polar surface area (TPSA) is 0 Å². The zero-order valence-corrected chi connectivity index (χ0v) is 11.3. The van der Waals surface area contributed by atoms with E-state index in [1.165, 1.54) is 0 Å². The van der Waals surface area contributed by atoms with Gasteiger partial charge in [-0.15, -0.1) is 0 Å². The third-order valence-electron chi connectivity index (χ3n) is 1.28. The maximum Gasteiger partial charge on any atom is 2.00 e. The van der Waals surface area contributed by atoms with Crippen LogP contribution in [0.2, 0.25) is 0 Å². The third kappa shape index (κ3) is 17.0. The van der Waals surface area contributed by atoms with Crippen LogP contribution in [-0.4, -0.2) is 0 Å². The molecule has 0 atom stereocenters. The van der Waals surface area contributed by atoms with Crippen LogP contribution in [0, 0.1) is 64.2 Å². The van der Waals surface area contributed by atoms with Gasteiger partial charge in [-0.05, 0) is 64.2 Å². The molecule has 0 heterocycles. The minimum absolute atomic E-state index is 0. The molecule has 0 amide bonds. The second-order valence-electron chi connectivity index (χ2n) is 2.40.